The number of carboxylic acids is 1. The summed E-state index contributed by atoms with van der Waals surface area (Å²) in [4.78, 5) is 39.7. The van der Waals surface area contributed by atoms with Crippen LogP contribution in [0, 0.1) is 11.3 Å². The lowest BCUT2D eigenvalue weighted by molar-refractivity contribution is -0.147. The average molecular weight is 546 g/mol. The van der Waals surface area contributed by atoms with E-state index in [0.717, 1.165) is 24.0 Å². The summed E-state index contributed by atoms with van der Waals surface area (Å²) < 4.78 is 0. The molecule has 2 fully saturated rings. The number of hydrogen-bond acceptors (Lipinski definition) is 3. The zero-order valence-corrected chi connectivity index (χ0v) is 22.9. The van der Waals surface area contributed by atoms with E-state index in [0.29, 0.717) is 22.9 Å². The normalized spacial score (nSPS) is 25.2. The number of carboxylic acid groups (broad SMARTS) is 1. The second kappa shape index (κ2) is 11.0. The maximum atomic E-state index is 13.3. The van der Waals surface area contributed by atoms with Gasteiger partial charge in [0.15, 0.2) is 0 Å². The minimum atomic E-state index is -1.04. The lowest BCUT2D eigenvalue weighted by Gasteiger charge is -2.45. The van der Waals surface area contributed by atoms with E-state index in [1.54, 1.807) is 19.9 Å². The molecule has 2 amide bonds. The van der Waals surface area contributed by atoms with Crippen molar-refractivity contribution < 1.29 is 19.5 Å². The van der Waals surface area contributed by atoms with Gasteiger partial charge in [-0.2, -0.15) is 0 Å². The molecule has 1 saturated carbocycles. The number of hydrogen-bond donors (Lipinski definition) is 2. The second-order valence-electron chi connectivity index (χ2n) is 10.9. The predicted octanol–water partition coefficient (Wildman–Crippen LogP) is 6.22. The number of benzene rings is 2. The molecule has 37 heavy (non-hydrogen) atoms. The largest absolute Gasteiger partial charge is 0.481 e. The van der Waals surface area contributed by atoms with Crippen LogP contribution < -0.4 is 5.32 Å². The van der Waals surface area contributed by atoms with Crippen LogP contribution in [0.3, 0.4) is 0 Å². The monoisotopic (exact) mass is 544 g/mol. The Hall–Kier alpha value is -2.57. The summed E-state index contributed by atoms with van der Waals surface area (Å²) in [5, 5.41) is 13.9. The number of nitrogens with one attached hydrogen (secondary N) is 1. The Balaban J connectivity index is 1.68. The molecule has 2 N–H and O–H groups in total. The highest BCUT2D eigenvalue weighted by molar-refractivity contribution is 6.30. The predicted molar refractivity (Wildman–Crippen MR) is 145 cm³/mol. The molecular formula is C29H34Cl2N2O4. The van der Waals surface area contributed by atoms with Crippen molar-refractivity contribution >= 4 is 41.0 Å². The smallest absolute Gasteiger partial charge is 0.304 e. The van der Waals surface area contributed by atoms with E-state index in [-0.39, 0.29) is 48.2 Å². The van der Waals surface area contributed by atoms with Gasteiger partial charge in [0.2, 0.25) is 11.8 Å². The van der Waals surface area contributed by atoms with Crippen molar-refractivity contribution in [1.29, 1.82) is 0 Å². The maximum absolute atomic E-state index is 13.3. The zero-order chi connectivity index (χ0) is 26.9. The molecule has 1 unspecified atom stereocenters. The van der Waals surface area contributed by atoms with Gasteiger partial charge in [-0.15, -0.1) is 0 Å². The molecule has 1 saturated heterocycles. The minimum Gasteiger partial charge on any atom is -0.481 e. The van der Waals surface area contributed by atoms with Crippen LogP contribution in [0.1, 0.15) is 76.0 Å². The van der Waals surface area contributed by atoms with E-state index < -0.39 is 11.4 Å². The van der Waals surface area contributed by atoms with Gasteiger partial charge in [0.1, 0.15) is 0 Å². The third-order valence-electron chi connectivity index (χ3n) is 7.87. The van der Waals surface area contributed by atoms with Crippen LogP contribution in [0.15, 0.2) is 48.5 Å². The molecule has 4 rings (SSSR count). The van der Waals surface area contributed by atoms with Crippen molar-refractivity contribution in [3.8, 4) is 0 Å². The fraction of sp³-hybridized carbons (Fsp3) is 0.483. The van der Waals surface area contributed by atoms with Crippen molar-refractivity contribution in [2.24, 2.45) is 11.3 Å². The van der Waals surface area contributed by atoms with Gasteiger partial charge in [0, 0.05) is 35.0 Å². The fourth-order valence-corrected chi connectivity index (χ4v) is 6.22. The van der Waals surface area contributed by atoms with Gasteiger partial charge < -0.3 is 15.3 Å². The molecule has 5 atom stereocenters. The van der Waals surface area contributed by atoms with Crippen LogP contribution >= 0.6 is 23.2 Å². The third-order valence-corrected chi connectivity index (χ3v) is 8.36. The van der Waals surface area contributed by atoms with Crippen molar-refractivity contribution in [2.75, 3.05) is 0 Å². The van der Waals surface area contributed by atoms with Crippen LogP contribution in [0.4, 0.5) is 0 Å². The Morgan fingerprint density at radius 2 is 1.81 bits per heavy atom. The van der Waals surface area contributed by atoms with E-state index in [2.05, 4.69) is 12.2 Å². The molecule has 0 aromatic heterocycles. The summed E-state index contributed by atoms with van der Waals surface area (Å²) in [6.45, 7) is 5.42. The van der Waals surface area contributed by atoms with Crippen molar-refractivity contribution in [3.05, 3.63) is 69.7 Å². The van der Waals surface area contributed by atoms with Gasteiger partial charge in [0.05, 0.1) is 17.9 Å². The number of aliphatic carboxylic acids is 1. The van der Waals surface area contributed by atoms with E-state index in [1.807, 2.05) is 47.4 Å². The van der Waals surface area contributed by atoms with Crippen molar-refractivity contribution in [1.82, 2.24) is 10.2 Å². The third kappa shape index (κ3) is 6.29. The molecule has 0 radical (unpaired) electrons. The van der Waals surface area contributed by atoms with E-state index in [4.69, 9.17) is 23.2 Å². The van der Waals surface area contributed by atoms with Gasteiger partial charge in [-0.1, -0.05) is 61.3 Å². The van der Waals surface area contributed by atoms with E-state index >= 15 is 0 Å². The first kappa shape index (κ1) is 27.5. The standard InChI is InChI=1S/C29H34Cl2N2O4/c1-17(13-25(19-7-9-21(30)10-8-19)33(18(2)34)23-11-12-23)27-24(20-5-4-6-22(31)14-20)15-29(3,16-26(35)36)28(37)32-27/h4-10,14,17,23-25,27H,11-13,15-16H2,1-3H3,(H,32,37)(H,35,36)/t17?,24-,25+,27+,29+/m1/s1. The first-order valence-corrected chi connectivity index (χ1v) is 13.6. The lowest BCUT2D eigenvalue weighted by atomic mass is 9.67. The Labute approximate surface area is 228 Å². The second-order valence-corrected chi connectivity index (χ2v) is 11.8. The van der Waals surface area contributed by atoms with Crippen LogP contribution in [-0.4, -0.2) is 39.9 Å². The fourth-order valence-electron chi connectivity index (χ4n) is 5.90. The van der Waals surface area contributed by atoms with Crippen LogP contribution in [0.25, 0.3) is 0 Å². The highest BCUT2D eigenvalue weighted by Gasteiger charge is 2.48. The number of nitrogens with zero attached hydrogens (tertiary/aromatic N) is 1. The summed E-state index contributed by atoms with van der Waals surface area (Å²) in [6, 6.07) is 15.0. The molecule has 0 spiro atoms. The van der Waals surface area contributed by atoms with Crippen molar-refractivity contribution in [2.45, 2.75) is 76.9 Å². The van der Waals surface area contributed by atoms with Gasteiger partial charge in [-0.05, 0) is 67.0 Å². The van der Waals surface area contributed by atoms with Gasteiger partial charge in [-0.3, -0.25) is 14.4 Å². The first-order chi connectivity index (χ1) is 17.5. The van der Waals surface area contributed by atoms with Gasteiger partial charge in [-0.25, -0.2) is 0 Å². The SMILES string of the molecule is CC(=O)N(C1CC1)[C@@H](CC(C)[C@@H]1NC(=O)[C@](C)(CC(=O)O)C[C@@H]1c1cccc(Cl)c1)c1ccc(Cl)cc1. The molecule has 1 aliphatic heterocycles. The molecule has 6 nitrogen and oxygen atoms in total. The number of carbonyl (C=O) groups is 3. The topological polar surface area (TPSA) is 86.7 Å². The summed E-state index contributed by atoms with van der Waals surface area (Å²) in [6.07, 6.45) is 2.75. The Kier molecular flexibility index (Phi) is 8.20. The van der Waals surface area contributed by atoms with Gasteiger partial charge in [0.25, 0.3) is 0 Å². The Morgan fingerprint density at radius 3 is 2.38 bits per heavy atom. The lowest BCUT2D eigenvalue weighted by Crippen LogP contribution is -2.56. The molecule has 198 valence electrons. The number of carbonyl (C=O) groups excluding carboxylic acids is 2. The molecule has 1 heterocycles. The molecule has 2 aliphatic rings. The molecule has 2 aromatic carbocycles. The minimum absolute atomic E-state index is 0.0245. The maximum Gasteiger partial charge on any atom is 0.304 e. The quantitative estimate of drug-likeness (QED) is 0.392. The Morgan fingerprint density at radius 1 is 1.14 bits per heavy atom. The molecule has 2 aromatic rings. The summed E-state index contributed by atoms with van der Waals surface area (Å²) in [5.74, 6) is -1.38. The molecular weight excluding hydrogens is 511 g/mol. The summed E-state index contributed by atoms with van der Waals surface area (Å²) >= 11 is 12.5. The Bertz CT molecular complexity index is 1170. The highest BCUT2D eigenvalue weighted by Crippen LogP contribution is 2.46. The summed E-state index contributed by atoms with van der Waals surface area (Å²) in [5.41, 5.74) is 0.939. The molecule has 0 bridgehead atoms. The number of piperidine rings is 1. The number of rotatable bonds is 9. The average Bonchev–Trinajstić information content (AvgIpc) is 3.65. The summed E-state index contributed by atoms with van der Waals surface area (Å²) in [7, 11) is 0. The highest BCUT2D eigenvalue weighted by atomic mass is 35.5. The molecule has 1 aliphatic carbocycles. The van der Waals surface area contributed by atoms with Crippen LogP contribution in [0.5, 0.6) is 0 Å². The van der Waals surface area contributed by atoms with Crippen molar-refractivity contribution in [3.63, 3.8) is 0 Å². The van der Waals surface area contributed by atoms with E-state index in [1.165, 1.54) is 0 Å². The molecule has 8 heteroatoms. The number of halogens is 2. The first-order valence-electron chi connectivity index (χ1n) is 12.8. The van der Waals surface area contributed by atoms with Gasteiger partial charge >= 0.3 is 5.97 Å². The zero-order valence-electron chi connectivity index (χ0n) is 21.4. The van der Waals surface area contributed by atoms with Crippen LogP contribution in [0.2, 0.25) is 10.0 Å². The van der Waals surface area contributed by atoms with Crippen LogP contribution in [-0.2, 0) is 14.4 Å². The number of amides is 2. The van der Waals surface area contributed by atoms with E-state index in [9.17, 15) is 19.5 Å².